The summed E-state index contributed by atoms with van der Waals surface area (Å²) in [7, 11) is 0. The average molecular weight is 197 g/mol. The Kier molecular flexibility index (Phi) is 2.41. The third-order valence-corrected chi connectivity index (χ3v) is 3.27. The maximum absolute atomic E-state index is 11.5. The molecule has 5 heteroatoms. The van der Waals surface area contributed by atoms with Crippen molar-refractivity contribution in [2.75, 3.05) is 6.54 Å². The van der Waals surface area contributed by atoms with Crippen LogP contribution in [0.4, 0.5) is 4.79 Å². The van der Waals surface area contributed by atoms with Crippen molar-refractivity contribution in [3.8, 4) is 0 Å². The molecule has 0 spiro atoms. The molecule has 4 N–H and O–H groups in total. The molecule has 0 aromatic carbocycles. The van der Waals surface area contributed by atoms with Crippen LogP contribution in [0.15, 0.2) is 0 Å². The number of fused-ring (bicyclic) bond motifs is 1. The fraction of sp³-hybridized carbons (Fsp3) is 0.778. The van der Waals surface area contributed by atoms with E-state index in [0.29, 0.717) is 11.8 Å². The molecule has 0 radical (unpaired) electrons. The third kappa shape index (κ3) is 1.59. The molecule has 14 heavy (non-hydrogen) atoms. The van der Waals surface area contributed by atoms with Gasteiger partial charge in [0.1, 0.15) is 0 Å². The molecule has 3 unspecified atom stereocenters. The van der Waals surface area contributed by atoms with Crippen LogP contribution in [0.2, 0.25) is 0 Å². The SMILES string of the molecule is NC(=O)NC(=O)C1NCC2CCCC21. The van der Waals surface area contributed by atoms with Gasteiger partial charge in [-0.2, -0.15) is 0 Å². The standard InChI is InChI=1S/C9H15N3O2/c10-9(14)12-8(13)7-6-3-1-2-5(6)4-11-7/h5-7,11H,1-4H2,(H3,10,12,13,14). The predicted octanol–water partition coefficient (Wildman–Crippen LogP) is -0.431. The Morgan fingerprint density at radius 3 is 2.86 bits per heavy atom. The summed E-state index contributed by atoms with van der Waals surface area (Å²) in [6, 6.07) is -0.978. The van der Waals surface area contributed by atoms with Gasteiger partial charge < -0.3 is 11.1 Å². The molecule has 1 aliphatic carbocycles. The number of primary amides is 1. The molecule has 3 amide bonds. The second-order valence-electron chi connectivity index (χ2n) is 4.09. The lowest BCUT2D eigenvalue weighted by atomic mass is 9.94. The van der Waals surface area contributed by atoms with E-state index in [1.807, 2.05) is 0 Å². The Balaban J connectivity index is 1.97. The van der Waals surface area contributed by atoms with Crippen molar-refractivity contribution < 1.29 is 9.59 Å². The van der Waals surface area contributed by atoms with E-state index in [1.165, 1.54) is 12.8 Å². The number of urea groups is 1. The van der Waals surface area contributed by atoms with Gasteiger partial charge in [0.05, 0.1) is 6.04 Å². The van der Waals surface area contributed by atoms with Gasteiger partial charge in [-0.05, 0) is 31.2 Å². The second kappa shape index (κ2) is 3.57. The Morgan fingerprint density at radius 2 is 2.14 bits per heavy atom. The molecule has 1 saturated heterocycles. The summed E-state index contributed by atoms with van der Waals surface area (Å²) in [6.07, 6.45) is 3.46. The number of amides is 3. The molecule has 78 valence electrons. The van der Waals surface area contributed by atoms with Crippen molar-refractivity contribution >= 4 is 11.9 Å². The van der Waals surface area contributed by atoms with E-state index in [0.717, 1.165) is 13.0 Å². The van der Waals surface area contributed by atoms with Crippen LogP contribution in [0.5, 0.6) is 0 Å². The van der Waals surface area contributed by atoms with E-state index < -0.39 is 6.03 Å². The third-order valence-electron chi connectivity index (χ3n) is 3.27. The first kappa shape index (κ1) is 9.45. The normalized spacial score (nSPS) is 35.3. The number of rotatable bonds is 1. The van der Waals surface area contributed by atoms with Gasteiger partial charge in [0.25, 0.3) is 0 Å². The van der Waals surface area contributed by atoms with Crippen LogP contribution < -0.4 is 16.4 Å². The number of imide groups is 1. The average Bonchev–Trinajstić information content (AvgIpc) is 2.59. The van der Waals surface area contributed by atoms with Gasteiger partial charge in [0.2, 0.25) is 5.91 Å². The maximum Gasteiger partial charge on any atom is 0.318 e. The van der Waals surface area contributed by atoms with Crippen LogP contribution >= 0.6 is 0 Å². The van der Waals surface area contributed by atoms with Crippen LogP contribution in [-0.4, -0.2) is 24.5 Å². The monoisotopic (exact) mass is 197 g/mol. The predicted molar refractivity (Wildman–Crippen MR) is 50.3 cm³/mol. The Morgan fingerprint density at radius 1 is 1.36 bits per heavy atom. The van der Waals surface area contributed by atoms with Crippen LogP contribution in [0.3, 0.4) is 0 Å². The van der Waals surface area contributed by atoms with Gasteiger partial charge in [-0.15, -0.1) is 0 Å². The first-order valence-corrected chi connectivity index (χ1v) is 5.02. The molecular formula is C9H15N3O2. The Bertz CT molecular complexity index is 267. The highest BCUT2D eigenvalue weighted by atomic mass is 16.2. The molecular weight excluding hydrogens is 182 g/mol. The maximum atomic E-state index is 11.5. The zero-order valence-electron chi connectivity index (χ0n) is 7.95. The Hall–Kier alpha value is -1.10. The van der Waals surface area contributed by atoms with E-state index in [2.05, 4.69) is 10.6 Å². The molecule has 3 atom stereocenters. The molecule has 1 aliphatic heterocycles. The number of hydrogen-bond donors (Lipinski definition) is 3. The molecule has 2 aliphatic rings. The number of nitrogens with two attached hydrogens (primary N) is 1. The van der Waals surface area contributed by atoms with Crippen molar-refractivity contribution in [3.63, 3.8) is 0 Å². The summed E-state index contributed by atoms with van der Waals surface area (Å²) in [4.78, 5) is 22.0. The Labute approximate surface area is 82.4 Å². The molecule has 0 aromatic heterocycles. The molecule has 1 saturated carbocycles. The van der Waals surface area contributed by atoms with Crippen molar-refractivity contribution in [1.29, 1.82) is 0 Å². The van der Waals surface area contributed by atoms with Crippen molar-refractivity contribution in [3.05, 3.63) is 0 Å². The van der Waals surface area contributed by atoms with Crippen LogP contribution in [0.1, 0.15) is 19.3 Å². The summed E-state index contributed by atoms with van der Waals surface area (Å²) >= 11 is 0. The summed E-state index contributed by atoms with van der Waals surface area (Å²) in [5.74, 6) is 0.736. The van der Waals surface area contributed by atoms with Crippen molar-refractivity contribution in [1.82, 2.24) is 10.6 Å². The van der Waals surface area contributed by atoms with E-state index in [-0.39, 0.29) is 11.9 Å². The van der Waals surface area contributed by atoms with E-state index in [4.69, 9.17) is 5.73 Å². The van der Waals surface area contributed by atoms with Gasteiger partial charge in [-0.25, -0.2) is 4.79 Å². The van der Waals surface area contributed by atoms with Gasteiger partial charge in [0.15, 0.2) is 0 Å². The molecule has 0 bridgehead atoms. The highest BCUT2D eigenvalue weighted by Gasteiger charge is 2.42. The lowest BCUT2D eigenvalue weighted by Crippen LogP contribution is -2.47. The zero-order chi connectivity index (χ0) is 10.1. The fourth-order valence-electron chi connectivity index (χ4n) is 2.67. The van der Waals surface area contributed by atoms with Gasteiger partial charge >= 0.3 is 6.03 Å². The molecule has 5 nitrogen and oxygen atoms in total. The smallest absolute Gasteiger partial charge is 0.318 e. The highest BCUT2D eigenvalue weighted by molar-refractivity contribution is 5.96. The number of hydrogen-bond acceptors (Lipinski definition) is 3. The van der Waals surface area contributed by atoms with E-state index in [1.54, 1.807) is 0 Å². The van der Waals surface area contributed by atoms with Crippen molar-refractivity contribution in [2.24, 2.45) is 17.6 Å². The summed E-state index contributed by atoms with van der Waals surface area (Å²) < 4.78 is 0. The highest BCUT2D eigenvalue weighted by Crippen LogP contribution is 2.37. The zero-order valence-corrected chi connectivity index (χ0v) is 7.95. The fourth-order valence-corrected chi connectivity index (χ4v) is 2.67. The number of carbonyl (C=O) groups is 2. The van der Waals surface area contributed by atoms with Crippen LogP contribution in [0, 0.1) is 11.8 Å². The largest absolute Gasteiger partial charge is 0.351 e. The van der Waals surface area contributed by atoms with Crippen LogP contribution in [0.25, 0.3) is 0 Å². The van der Waals surface area contributed by atoms with Gasteiger partial charge in [-0.1, -0.05) is 6.42 Å². The topological polar surface area (TPSA) is 84.2 Å². The van der Waals surface area contributed by atoms with Crippen molar-refractivity contribution in [2.45, 2.75) is 25.3 Å². The molecule has 0 aromatic rings. The minimum atomic E-state index is -0.766. The summed E-state index contributed by atoms with van der Waals surface area (Å²) in [5, 5.41) is 5.28. The molecule has 2 rings (SSSR count). The van der Waals surface area contributed by atoms with Crippen LogP contribution in [-0.2, 0) is 4.79 Å². The molecule has 2 fully saturated rings. The second-order valence-corrected chi connectivity index (χ2v) is 4.09. The number of nitrogens with one attached hydrogen (secondary N) is 2. The minimum Gasteiger partial charge on any atom is -0.351 e. The van der Waals surface area contributed by atoms with E-state index >= 15 is 0 Å². The quantitative estimate of drug-likeness (QED) is 0.533. The van der Waals surface area contributed by atoms with E-state index in [9.17, 15) is 9.59 Å². The lowest BCUT2D eigenvalue weighted by Gasteiger charge is -2.16. The van der Waals surface area contributed by atoms with Gasteiger partial charge in [-0.3, -0.25) is 10.1 Å². The minimum absolute atomic E-state index is 0.213. The lowest BCUT2D eigenvalue weighted by molar-refractivity contribution is -0.122. The van der Waals surface area contributed by atoms with Gasteiger partial charge in [0, 0.05) is 0 Å². The number of carbonyl (C=O) groups excluding carboxylic acids is 2. The summed E-state index contributed by atoms with van der Waals surface area (Å²) in [5.41, 5.74) is 4.90. The first-order valence-electron chi connectivity index (χ1n) is 5.02. The first-order chi connectivity index (χ1) is 6.68. The molecule has 1 heterocycles. The summed E-state index contributed by atoms with van der Waals surface area (Å²) in [6.45, 7) is 0.890.